The van der Waals surface area contributed by atoms with E-state index in [1.165, 1.54) is 0 Å². The maximum atomic E-state index is 12.4. The maximum absolute atomic E-state index is 12.4. The van der Waals surface area contributed by atoms with E-state index in [4.69, 9.17) is 4.74 Å². The number of anilines is 2. The van der Waals surface area contributed by atoms with Gasteiger partial charge in [0.2, 0.25) is 5.91 Å². The molecule has 3 aromatic carbocycles. The average molecular weight is 415 g/mol. The minimum Gasteiger partial charge on any atom is -0.489 e. The fourth-order valence-electron chi connectivity index (χ4n) is 2.86. The molecule has 0 spiro atoms. The molecule has 0 heterocycles. The highest BCUT2D eigenvalue weighted by molar-refractivity contribution is 5.98. The third-order valence-corrected chi connectivity index (χ3v) is 4.36. The molecule has 158 valence electrons. The Morgan fingerprint density at radius 1 is 0.903 bits per heavy atom. The molecule has 0 aliphatic heterocycles. The van der Waals surface area contributed by atoms with Gasteiger partial charge < -0.3 is 20.7 Å². The number of carbonyl (C=O) groups is 2. The molecule has 2 amide bonds. The van der Waals surface area contributed by atoms with Crippen molar-refractivity contribution in [2.45, 2.75) is 6.54 Å². The third-order valence-electron chi connectivity index (χ3n) is 4.36. The molecule has 3 aromatic rings. The summed E-state index contributed by atoms with van der Waals surface area (Å²) in [5.41, 5.74) is 2.83. The first-order chi connectivity index (χ1) is 15.1. The number of ether oxygens (including phenoxy) is 1. The number of hydrogen-bond acceptors (Lipinski definition) is 4. The van der Waals surface area contributed by atoms with Crippen molar-refractivity contribution in [1.29, 1.82) is 0 Å². The van der Waals surface area contributed by atoms with Crippen LogP contribution in [0, 0.1) is 0 Å². The lowest BCUT2D eigenvalue weighted by atomic mass is 10.1. The van der Waals surface area contributed by atoms with E-state index in [0.717, 1.165) is 11.3 Å². The monoisotopic (exact) mass is 415 g/mol. The first-order valence-electron chi connectivity index (χ1n) is 9.94. The Kier molecular flexibility index (Phi) is 7.83. The minimum absolute atomic E-state index is 0.0787. The summed E-state index contributed by atoms with van der Waals surface area (Å²) < 4.78 is 5.49. The summed E-state index contributed by atoms with van der Waals surface area (Å²) in [6, 6.07) is 23.9. The Bertz CT molecular complexity index is 1030. The number of hydrogen-bond donors (Lipinski definition) is 3. The summed E-state index contributed by atoms with van der Waals surface area (Å²) in [5.74, 6) is 0.271. The van der Waals surface area contributed by atoms with Crippen LogP contribution < -0.4 is 20.7 Å². The number of rotatable bonds is 10. The highest BCUT2D eigenvalue weighted by atomic mass is 16.5. The highest BCUT2D eigenvalue weighted by Gasteiger charge is 2.08. The van der Waals surface area contributed by atoms with E-state index in [1.54, 1.807) is 30.3 Å². The Balaban J connectivity index is 1.51. The molecule has 0 radical (unpaired) electrons. The summed E-state index contributed by atoms with van der Waals surface area (Å²) in [6.07, 6.45) is 1.67. The Morgan fingerprint density at radius 3 is 2.48 bits per heavy atom. The van der Waals surface area contributed by atoms with Gasteiger partial charge in [-0.15, -0.1) is 0 Å². The molecule has 0 fully saturated rings. The topological polar surface area (TPSA) is 79.5 Å². The molecular weight excluding hydrogens is 390 g/mol. The van der Waals surface area contributed by atoms with Gasteiger partial charge in [-0.1, -0.05) is 55.1 Å². The standard InChI is InChI=1S/C25H25N3O3/c1-2-14-31-23-13-7-11-21(16-23)26-18-24(29)28-22-12-6-10-20(15-22)25(30)27-17-19-8-4-3-5-9-19/h2-13,15-16,26H,1,14,17-18H2,(H,27,30)(H,28,29). The molecule has 0 aliphatic carbocycles. The second-order valence-electron chi connectivity index (χ2n) is 6.78. The zero-order valence-electron chi connectivity index (χ0n) is 17.1. The Hall–Kier alpha value is -4.06. The van der Waals surface area contributed by atoms with Crippen molar-refractivity contribution in [3.63, 3.8) is 0 Å². The lowest BCUT2D eigenvalue weighted by Crippen LogP contribution is -2.24. The van der Waals surface area contributed by atoms with Crippen LogP contribution in [0.25, 0.3) is 0 Å². The molecule has 0 saturated carbocycles. The molecule has 3 N–H and O–H groups in total. The Morgan fingerprint density at radius 2 is 1.68 bits per heavy atom. The third kappa shape index (κ3) is 7.04. The van der Waals surface area contributed by atoms with Crippen molar-refractivity contribution < 1.29 is 14.3 Å². The van der Waals surface area contributed by atoms with Crippen molar-refractivity contribution in [2.24, 2.45) is 0 Å². The number of carbonyl (C=O) groups excluding carboxylic acids is 2. The van der Waals surface area contributed by atoms with Crippen LogP contribution in [0.5, 0.6) is 5.75 Å². The van der Waals surface area contributed by atoms with Crippen LogP contribution in [0.15, 0.2) is 91.5 Å². The van der Waals surface area contributed by atoms with Crippen LogP contribution in [0.3, 0.4) is 0 Å². The first-order valence-corrected chi connectivity index (χ1v) is 9.94. The van der Waals surface area contributed by atoms with Gasteiger partial charge in [0, 0.05) is 29.5 Å². The van der Waals surface area contributed by atoms with Gasteiger partial charge in [0.25, 0.3) is 5.91 Å². The van der Waals surface area contributed by atoms with Crippen LogP contribution in [-0.4, -0.2) is 25.0 Å². The molecular formula is C25H25N3O3. The second kappa shape index (κ2) is 11.2. The minimum atomic E-state index is -0.223. The molecule has 0 atom stereocenters. The van der Waals surface area contributed by atoms with E-state index in [9.17, 15) is 9.59 Å². The van der Waals surface area contributed by atoms with E-state index in [-0.39, 0.29) is 18.4 Å². The lowest BCUT2D eigenvalue weighted by molar-refractivity contribution is -0.114. The van der Waals surface area contributed by atoms with Crippen molar-refractivity contribution in [3.05, 3.63) is 103 Å². The van der Waals surface area contributed by atoms with Crippen LogP contribution in [0.2, 0.25) is 0 Å². The zero-order valence-corrected chi connectivity index (χ0v) is 17.1. The van der Waals surface area contributed by atoms with Crippen molar-refractivity contribution in [3.8, 4) is 5.75 Å². The molecule has 3 rings (SSSR count). The van der Waals surface area contributed by atoms with Gasteiger partial charge in [-0.3, -0.25) is 9.59 Å². The smallest absolute Gasteiger partial charge is 0.251 e. The van der Waals surface area contributed by atoms with E-state index < -0.39 is 0 Å². The number of nitrogens with one attached hydrogen (secondary N) is 3. The summed E-state index contributed by atoms with van der Waals surface area (Å²) >= 11 is 0. The largest absolute Gasteiger partial charge is 0.489 e. The average Bonchev–Trinajstić information content (AvgIpc) is 2.81. The molecule has 0 saturated heterocycles. The van der Waals surface area contributed by atoms with Gasteiger partial charge in [-0.05, 0) is 35.9 Å². The molecule has 0 aliphatic rings. The SMILES string of the molecule is C=CCOc1cccc(NCC(=O)Nc2cccc(C(=O)NCc3ccccc3)c2)c1. The normalized spacial score (nSPS) is 10.1. The van der Waals surface area contributed by atoms with Gasteiger partial charge in [0.1, 0.15) is 12.4 Å². The van der Waals surface area contributed by atoms with E-state index in [2.05, 4.69) is 22.5 Å². The molecule has 0 bridgehead atoms. The van der Waals surface area contributed by atoms with Crippen LogP contribution in [0.4, 0.5) is 11.4 Å². The highest BCUT2D eigenvalue weighted by Crippen LogP contribution is 2.17. The molecule has 6 heteroatoms. The van der Waals surface area contributed by atoms with Crippen LogP contribution in [-0.2, 0) is 11.3 Å². The van der Waals surface area contributed by atoms with Gasteiger partial charge in [0.15, 0.2) is 0 Å². The predicted molar refractivity (Wildman–Crippen MR) is 123 cm³/mol. The Labute approximate surface area is 181 Å². The quantitative estimate of drug-likeness (QED) is 0.433. The van der Waals surface area contributed by atoms with E-state index in [1.807, 2.05) is 54.6 Å². The summed E-state index contributed by atoms with van der Waals surface area (Å²) in [6.45, 7) is 4.55. The van der Waals surface area contributed by atoms with Crippen molar-refractivity contribution in [1.82, 2.24) is 5.32 Å². The lowest BCUT2D eigenvalue weighted by Gasteiger charge is -2.11. The van der Waals surface area contributed by atoms with Gasteiger partial charge in [0.05, 0.1) is 6.54 Å². The maximum Gasteiger partial charge on any atom is 0.251 e. The van der Waals surface area contributed by atoms with Crippen LogP contribution >= 0.6 is 0 Å². The second-order valence-corrected chi connectivity index (χ2v) is 6.78. The number of benzene rings is 3. The molecule has 31 heavy (non-hydrogen) atoms. The summed E-state index contributed by atoms with van der Waals surface area (Å²) in [4.78, 5) is 24.7. The molecule has 0 unspecified atom stereocenters. The fraction of sp³-hybridized carbons (Fsp3) is 0.120. The molecule has 6 nitrogen and oxygen atoms in total. The van der Waals surface area contributed by atoms with Crippen molar-refractivity contribution >= 4 is 23.2 Å². The summed E-state index contributed by atoms with van der Waals surface area (Å²) in [5, 5.41) is 8.74. The first kappa shape index (κ1) is 21.6. The van der Waals surface area contributed by atoms with E-state index >= 15 is 0 Å². The van der Waals surface area contributed by atoms with Gasteiger partial charge >= 0.3 is 0 Å². The zero-order chi connectivity index (χ0) is 21.9. The van der Waals surface area contributed by atoms with E-state index in [0.29, 0.717) is 30.2 Å². The summed E-state index contributed by atoms with van der Waals surface area (Å²) in [7, 11) is 0. The van der Waals surface area contributed by atoms with Gasteiger partial charge in [-0.25, -0.2) is 0 Å². The van der Waals surface area contributed by atoms with Gasteiger partial charge in [-0.2, -0.15) is 0 Å². The number of amides is 2. The predicted octanol–water partition coefficient (Wildman–Crippen LogP) is 4.23. The fourth-order valence-corrected chi connectivity index (χ4v) is 2.86. The van der Waals surface area contributed by atoms with Crippen molar-refractivity contribution in [2.75, 3.05) is 23.8 Å². The molecule has 0 aromatic heterocycles. The van der Waals surface area contributed by atoms with Crippen LogP contribution in [0.1, 0.15) is 15.9 Å².